The minimum atomic E-state index is -0.336. The summed E-state index contributed by atoms with van der Waals surface area (Å²) >= 11 is 6.24. The van der Waals surface area contributed by atoms with Crippen molar-refractivity contribution in [3.05, 3.63) is 118 Å². The first-order chi connectivity index (χ1) is 18.9. The van der Waals surface area contributed by atoms with Crippen LogP contribution in [0, 0.1) is 5.82 Å². The van der Waals surface area contributed by atoms with E-state index in [2.05, 4.69) is 12.2 Å². The topological polar surface area (TPSA) is 55.4 Å². The fourth-order valence-electron chi connectivity index (χ4n) is 5.19. The first kappa shape index (κ1) is 28.3. The molecule has 202 valence electrons. The smallest absolute Gasteiger partial charge is 0.307 e. The fourth-order valence-corrected chi connectivity index (χ4v) is 5.31. The predicted molar refractivity (Wildman–Crippen MR) is 155 cm³/mol. The molecule has 0 radical (unpaired) electrons. The monoisotopic (exact) mass is 545 g/mol. The summed E-state index contributed by atoms with van der Waals surface area (Å²) < 4.78 is 19.7. The standard InChI is InChI=1S/C33H33ClFNO3/c1-3-7-26(22-10-12-24(13-11-22)33(38)36-21-20-31(37)39-4-2)32(23-14-16-25(34)17-15-23)29-18-19-30(35)28-9-6-5-8-27(28)29/h5-6,8-19,26,32H,3-4,7,20-21H2,1-2H3,(H,36,38). The number of halogens is 2. The number of hydrogen-bond acceptors (Lipinski definition) is 3. The third kappa shape index (κ3) is 6.85. The average molecular weight is 546 g/mol. The molecule has 6 heteroatoms. The lowest BCUT2D eigenvalue weighted by Gasteiger charge is -2.30. The van der Waals surface area contributed by atoms with Gasteiger partial charge in [0.25, 0.3) is 5.91 Å². The number of hydrogen-bond donors (Lipinski definition) is 1. The molecule has 1 N–H and O–H groups in total. The minimum Gasteiger partial charge on any atom is -0.466 e. The molecule has 4 aromatic carbocycles. The summed E-state index contributed by atoms with van der Waals surface area (Å²) in [7, 11) is 0. The van der Waals surface area contributed by atoms with Gasteiger partial charge in [-0.25, -0.2) is 4.39 Å². The molecule has 0 aromatic heterocycles. The number of amides is 1. The molecule has 39 heavy (non-hydrogen) atoms. The van der Waals surface area contributed by atoms with Crippen molar-refractivity contribution in [2.24, 2.45) is 0 Å². The molecule has 0 saturated heterocycles. The van der Waals surface area contributed by atoms with Crippen molar-refractivity contribution in [3.8, 4) is 0 Å². The Balaban J connectivity index is 1.69. The van der Waals surface area contributed by atoms with E-state index >= 15 is 0 Å². The van der Waals surface area contributed by atoms with Crippen LogP contribution in [0.4, 0.5) is 4.39 Å². The molecule has 0 heterocycles. The highest BCUT2D eigenvalue weighted by molar-refractivity contribution is 6.30. The number of esters is 1. The molecule has 0 fully saturated rings. The molecule has 2 atom stereocenters. The quantitative estimate of drug-likeness (QED) is 0.194. The number of benzene rings is 4. The minimum absolute atomic E-state index is 0.0584. The Kier molecular flexibility index (Phi) is 9.72. The van der Waals surface area contributed by atoms with Crippen molar-refractivity contribution < 1.29 is 18.7 Å². The molecule has 4 nitrogen and oxygen atoms in total. The van der Waals surface area contributed by atoms with Crippen LogP contribution in [0.25, 0.3) is 10.8 Å². The van der Waals surface area contributed by atoms with Crippen LogP contribution in [0.3, 0.4) is 0 Å². The van der Waals surface area contributed by atoms with Crippen molar-refractivity contribution in [1.82, 2.24) is 5.32 Å². The van der Waals surface area contributed by atoms with Crippen LogP contribution < -0.4 is 5.32 Å². The van der Waals surface area contributed by atoms with Gasteiger partial charge in [-0.05, 0) is 71.7 Å². The third-order valence-corrected chi connectivity index (χ3v) is 7.24. The Morgan fingerprint density at radius 3 is 2.21 bits per heavy atom. The summed E-state index contributed by atoms with van der Waals surface area (Å²) in [6.45, 7) is 4.44. The van der Waals surface area contributed by atoms with Crippen LogP contribution in [0.2, 0.25) is 5.02 Å². The summed E-state index contributed by atoms with van der Waals surface area (Å²) in [5.74, 6) is -0.800. The number of ether oxygens (including phenoxy) is 1. The molecule has 1 amide bonds. The first-order valence-corrected chi connectivity index (χ1v) is 13.8. The molecule has 2 unspecified atom stereocenters. The summed E-state index contributed by atoms with van der Waals surface area (Å²) in [5.41, 5.74) is 3.75. The maximum Gasteiger partial charge on any atom is 0.307 e. The number of nitrogens with one attached hydrogen (secondary N) is 1. The van der Waals surface area contributed by atoms with Gasteiger partial charge in [-0.1, -0.05) is 79.5 Å². The molecule has 0 bridgehead atoms. The highest BCUT2D eigenvalue weighted by atomic mass is 35.5. The number of rotatable bonds is 11. The maximum atomic E-state index is 14.8. The van der Waals surface area contributed by atoms with Gasteiger partial charge in [0.2, 0.25) is 0 Å². The van der Waals surface area contributed by atoms with E-state index in [1.165, 1.54) is 0 Å². The van der Waals surface area contributed by atoms with Gasteiger partial charge in [-0.15, -0.1) is 0 Å². The first-order valence-electron chi connectivity index (χ1n) is 13.4. The van der Waals surface area contributed by atoms with Crippen molar-refractivity contribution >= 4 is 34.2 Å². The van der Waals surface area contributed by atoms with Crippen molar-refractivity contribution in [2.45, 2.75) is 44.9 Å². The second-order valence-electron chi connectivity index (χ2n) is 9.54. The van der Waals surface area contributed by atoms with Gasteiger partial charge in [0.05, 0.1) is 13.0 Å². The van der Waals surface area contributed by atoms with E-state index in [0.29, 0.717) is 22.6 Å². The molecule has 0 spiro atoms. The van der Waals surface area contributed by atoms with Crippen molar-refractivity contribution in [2.75, 3.05) is 13.2 Å². The Hall–Kier alpha value is -3.70. The van der Waals surface area contributed by atoms with E-state index < -0.39 is 0 Å². The van der Waals surface area contributed by atoms with Gasteiger partial charge >= 0.3 is 5.97 Å². The van der Waals surface area contributed by atoms with Crippen LogP contribution in [0.15, 0.2) is 84.9 Å². The highest BCUT2D eigenvalue weighted by Crippen LogP contribution is 2.44. The van der Waals surface area contributed by atoms with E-state index in [1.807, 2.05) is 78.9 Å². The lowest BCUT2D eigenvalue weighted by atomic mass is 9.74. The summed E-state index contributed by atoms with van der Waals surface area (Å²) in [4.78, 5) is 24.2. The Labute approximate surface area is 234 Å². The second kappa shape index (κ2) is 13.4. The fraction of sp³-hybridized carbons (Fsp3) is 0.273. The van der Waals surface area contributed by atoms with Crippen LogP contribution in [-0.4, -0.2) is 25.0 Å². The Bertz CT molecular complexity index is 1420. The third-order valence-electron chi connectivity index (χ3n) is 6.99. The zero-order valence-corrected chi connectivity index (χ0v) is 23.0. The zero-order valence-electron chi connectivity index (χ0n) is 22.3. The molecule has 4 aromatic rings. The Morgan fingerprint density at radius 2 is 1.54 bits per heavy atom. The van der Waals surface area contributed by atoms with Gasteiger partial charge < -0.3 is 10.1 Å². The van der Waals surface area contributed by atoms with E-state index in [9.17, 15) is 14.0 Å². The molecule has 4 rings (SSSR count). The SMILES string of the molecule is CCCC(c1ccc(C(=O)NCCC(=O)OCC)cc1)C(c1ccc(Cl)cc1)c1ccc(F)c2ccccc12. The van der Waals surface area contributed by atoms with Gasteiger partial charge in [-0.2, -0.15) is 0 Å². The summed E-state index contributed by atoms with van der Waals surface area (Å²) in [6.07, 6.45) is 1.97. The van der Waals surface area contributed by atoms with Crippen LogP contribution in [0.5, 0.6) is 0 Å². The Morgan fingerprint density at radius 1 is 0.872 bits per heavy atom. The molecule has 0 aliphatic rings. The maximum absolute atomic E-state index is 14.8. The second-order valence-corrected chi connectivity index (χ2v) is 9.98. The molecular formula is C33H33ClFNO3. The highest BCUT2D eigenvalue weighted by Gasteiger charge is 2.28. The number of carbonyl (C=O) groups excluding carboxylic acids is 2. The van der Waals surface area contributed by atoms with Gasteiger partial charge in [0.15, 0.2) is 0 Å². The van der Waals surface area contributed by atoms with Gasteiger partial charge in [-0.3, -0.25) is 9.59 Å². The molecular weight excluding hydrogens is 513 g/mol. The zero-order chi connectivity index (χ0) is 27.8. The number of fused-ring (bicyclic) bond motifs is 1. The van der Waals surface area contributed by atoms with Crippen LogP contribution in [-0.2, 0) is 9.53 Å². The lowest BCUT2D eigenvalue weighted by molar-refractivity contribution is -0.142. The van der Waals surface area contributed by atoms with Crippen LogP contribution in [0.1, 0.15) is 72.0 Å². The van der Waals surface area contributed by atoms with E-state index in [4.69, 9.17) is 16.3 Å². The van der Waals surface area contributed by atoms with Crippen LogP contribution >= 0.6 is 11.6 Å². The van der Waals surface area contributed by atoms with E-state index in [0.717, 1.165) is 34.9 Å². The van der Waals surface area contributed by atoms with Crippen molar-refractivity contribution in [3.63, 3.8) is 0 Å². The van der Waals surface area contributed by atoms with E-state index in [1.54, 1.807) is 13.0 Å². The molecule has 0 aliphatic carbocycles. The molecule has 0 saturated carbocycles. The average Bonchev–Trinajstić information content (AvgIpc) is 2.95. The van der Waals surface area contributed by atoms with Crippen molar-refractivity contribution in [1.29, 1.82) is 0 Å². The van der Waals surface area contributed by atoms with Gasteiger partial charge in [0.1, 0.15) is 5.82 Å². The lowest BCUT2D eigenvalue weighted by Crippen LogP contribution is -2.26. The summed E-state index contributed by atoms with van der Waals surface area (Å²) in [6, 6.07) is 26.5. The predicted octanol–water partition coefficient (Wildman–Crippen LogP) is 8.03. The normalized spacial score (nSPS) is 12.6. The van der Waals surface area contributed by atoms with E-state index in [-0.39, 0.29) is 42.5 Å². The largest absolute Gasteiger partial charge is 0.466 e. The molecule has 0 aliphatic heterocycles. The summed E-state index contributed by atoms with van der Waals surface area (Å²) in [5, 5.41) is 4.92. The van der Waals surface area contributed by atoms with Gasteiger partial charge in [0, 0.05) is 28.4 Å². The number of carbonyl (C=O) groups is 2.